The molecular weight excluding hydrogens is 334 g/mol. The van der Waals surface area contributed by atoms with Crippen LogP contribution in [0.1, 0.15) is 15.9 Å². The zero-order chi connectivity index (χ0) is 14.0. The Morgan fingerprint density at radius 1 is 1.53 bits per heavy atom. The number of halogens is 1. The van der Waals surface area contributed by atoms with Gasteiger partial charge in [-0.3, -0.25) is 20.2 Å². The van der Waals surface area contributed by atoms with Crippen molar-refractivity contribution in [2.24, 2.45) is 0 Å². The third kappa shape index (κ3) is 2.96. The van der Waals surface area contributed by atoms with E-state index in [1.807, 2.05) is 13.0 Å². The van der Waals surface area contributed by atoms with Gasteiger partial charge in [-0.05, 0) is 36.0 Å². The van der Waals surface area contributed by atoms with Crippen molar-refractivity contribution in [3.8, 4) is 0 Å². The van der Waals surface area contributed by atoms with Crippen LogP contribution in [-0.4, -0.2) is 15.8 Å². The molecule has 1 aromatic heterocycles. The molecule has 0 aliphatic carbocycles. The molecule has 98 valence electrons. The van der Waals surface area contributed by atoms with Crippen molar-refractivity contribution in [3.63, 3.8) is 0 Å². The molecule has 8 heteroatoms. The summed E-state index contributed by atoms with van der Waals surface area (Å²) in [4.78, 5) is 25.8. The van der Waals surface area contributed by atoms with Gasteiger partial charge in [0.2, 0.25) is 0 Å². The van der Waals surface area contributed by atoms with E-state index in [0.29, 0.717) is 5.56 Å². The van der Waals surface area contributed by atoms with Gasteiger partial charge in [0.1, 0.15) is 6.20 Å². The lowest BCUT2D eigenvalue weighted by Crippen LogP contribution is -2.13. The topological polar surface area (TPSA) is 85.1 Å². The highest BCUT2D eigenvalue weighted by Crippen LogP contribution is 2.26. The smallest absolute Gasteiger partial charge is 0.298 e. The number of hydrogen-bond acceptors (Lipinski definition) is 5. The van der Waals surface area contributed by atoms with Crippen molar-refractivity contribution in [2.45, 2.75) is 6.92 Å². The van der Waals surface area contributed by atoms with Crippen LogP contribution in [0.15, 0.2) is 28.9 Å². The second-order valence-corrected chi connectivity index (χ2v) is 5.49. The van der Waals surface area contributed by atoms with Crippen molar-refractivity contribution >= 4 is 43.3 Å². The maximum Gasteiger partial charge on any atom is 0.345 e. The average molecular weight is 342 g/mol. The standard InChI is InChI=1S/C11H8BrN3O3S/c1-6-7(3-2-4-8(6)12)10(16)14-11-13-5-9(19-11)15(17)18/h2-5H,1H3,(H,13,14,16). The van der Waals surface area contributed by atoms with E-state index in [-0.39, 0.29) is 16.0 Å². The summed E-state index contributed by atoms with van der Waals surface area (Å²) in [6.07, 6.45) is 1.12. The Kier molecular flexibility index (Phi) is 3.91. The van der Waals surface area contributed by atoms with Crippen molar-refractivity contribution < 1.29 is 9.72 Å². The van der Waals surface area contributed by atoms with Crippen LogP contribution in [0.5, 0.6) is 0 Å². The molecule has 0 unspecified atom stereocenters. The number of thiazole rings is 1. The number of nitro groups is 1. The molecule has 0 aliphatic heterocycles. The molecule has 0 fully saturated rings. The van der Waals surface area contributed by atoms with Gasteiger partial charge in [-0.15, -0.1) is 0 Å². The Morgan fingerprint density at radius 2 is 2.26 bits per heavy atom. The number of carbonyl (C=O) groups is 1. The minimum Gasteiger partial charge on any atom is -0.298 e. The van der Waals surface area contributed by atoms with Crippen LogP contribution in [0, 0.1) is 17.0 Å². The van der Waals surface area contributed by atoms with E-state index in [1.165, 1.54) is 0 Å². The second-order valence-electron chi connectivity index (χ2n) is 3.63. The Hall–Kier alpha value is -1.80. The molecule has 1 aromatic carbocycles. The number of aromatic nitrogens is 1. The van der Waals surface area contributed by atoms with Crippen molar-refractivity contribution in [2.75, 3.05) is 5.32 Å². The third-order valence-electron chi connectivity index (χ3n) is 2.41. The van der Waals surface area contributed by atoms with Crippen LogP contribution in [0.25, 0.3) is 0 Å². The zero-order valence-electron chi connectivity index (χ0n) is 9.71. The fourth-order valence-electron chi connectivity index (χ4n) is 1.43. The Balaban J connectivity index is 2.21. The molecule has 0 atom stereocenters. The summed E-state index contributed by atoms with van der Waals surface area (Å²) in [6.45, 7) is 1.81. The summed E-state index contributed by atoms with van der Waals surface area (Å²) >= 11 is 4.16. The van der Waals surface area contributed by atoms with Crippen molar-refractivity contribution in [1.82, 2.24) is 4.98 Å². The average Bonchev–Trinajstić information content (AvgIpc) is 2.81. The predicted octanol–water partition coefficient (Wildman–Crippen LogP) is 3.37. The van der Waals surface area contributed by atoms with E-state index >= 15 is 0 Å². The first-order valence-corrected chi connectivity index (χ1v) is 6.76. The van der Waals surface area contributed by atoms with Gasteiger partial charge in [0.25, 0.3) is 5.91 Å². The highest BCUT2D eigenvalue weighted by molar-refractivity contribution is 9.10. The van der Waals surface area contributed by atoms with Crippen molar-refractivity contribution in [3.05, 3.63) is 50.1 Å². The molecule has 1 heterocycles. The predicted molar refractivity (Wildman–Crippen MR) is 75.6 cm³/mol. The summed E-state index contributed by atoms with van der Waals surface area (Å²) in [7, 11) is 0. The molecule has 2 rings (SSSR count). The van der Waals surface area contributed by atoms with Crippen LogP contribution in [0.3, 0.4) is 0 Å². The van der Waals surface area contributed by atoms with Gasteiger partial charge in [0.05, 0.1) is 4.92 Å². The molecule has 0 bridgehead atoms. The lowest BCUT2D eigenvalue weighted by atomic mass is 10.1. The first-order chi connectivity index (χ1) is 8.99. The quantitative estimate of drug-likeness (QED) is 0.684. The van der Waals surface area contributed by atoms with Gasteiger partial charge >= 0.3 is 5.00 Å². The van der Waals surface area contributed by atoms with Gasteiger partial charge in [-0.25, -0.2) is 4.98 Å². The van der Waals surface area contributed by atoms with Gasteiger partial charge in [-0.1, -0.05) is 22.0 Å². The molecule has 0 saturated carbocycles. The van der Waals surface area contributed by atoms with E-state index in [4.69, 9.17) is 0 Å². The summed E-state index contributed by atoms with van der Waals surface area (Å²) in [6, 6.07) is 5.26. The van der Waals surface area contributed by atoms with E-state index < -0.39 is 4.92 Å². The molecule has 0 saturated heterocycles. The van der Waals surface area contributed by atoms with Gasteiger partial charge in [0.15, 0.2) is 5.13 Å². The minimum absolute atomic E-state index is 0.110. The lowest BCUT2D eigenvalue weighted by molar-refractivity contribution is -0.380. The second kappa shape index (κ2) is 5.45. The first kappa shape index (κ1) is 13.6. The number of benzene rings is 1. The molecule has 0 radical (unpaired) electrons. The summed E-state index contributed by atoms with van der Waals surface area (Å²) in [5, 5.41) is 13.2. The number of hydrogen-bond donors (Lipinski definition) is 1. The maximum atomic E-state index is 12.0. The Labute approximate surface area is 120 Å². The number of rotatable bonds is 3. The normalized spacial score (nSPS) is 10.2. The van der Waals surface area contributed by atoms with Gasteiger partial charge in [0, 0.05) is 10.0 Å². The van der Waals surface area contributed by atoms with Gasteiger partial charge < -0.3 is 0 Å². The van der Waals surface area contributed by atoms with Crippen LogP contribution >= 0.6 is 27.3 Å². The number of nitrogens with zero attached hydrogens (tertiary/aromatic N) is 2. The highest BCUT2D eigenvalue weighted by atomic mass is 79.9. The van der Waals surface area contributed by atoms with E-state index in [1.54, 1.807) is 12.1 Å². The third-order valence-corrected chi connectivity index (χ3v) is 4.13. The van der Waals surface area contributed by atoms with E-state index in [9.17, 15) is 14.9 Å². The van der Waals surface area contributed by atoms with Crippen LogP contribution < -0.4 is 5.32 Å². The first-order valence-electron chi connectivity index (χ1n) is 5.15. The number of amides is 1. The molecule has 6 nitrogen and oxygen atoms in total. The Morgan fingerprint density at radius 3 is 2.89 bits per heavy atom. The van der Waals surface area contributed by atoms with Gasteiger partial charge in [-0.2, -0.15) is 0 Å². The lowest BCUT2D eigenvalue weighted by Gasteiger charge is -2.06. The van der Waals surface area contributed by atoms with Crippen LogP contribution in [0.4, 0.5) is 10.1 Å². The largest absolute Gasteiger partial charge is 0.345 e. The maximum absolute atomic E-state index is 12.0. The van der Waals surface area contributed by atoms with Crippen molar-refractivity contribution in [1.29, 1.82) is 0 Å². The van der Waals surface area contributed by atoms with Crippen LogP contribution in [-0.2, 0) is 0 Å². The fraction of sp³-hybridized carbons (Fsp3) is 0.0909. The number of carbonyl (C=O) groups excluding carboxylic acids is 1. The molecule has 19 heavy (non-hydrogen) atoms. The molecule has 2 aromatic rings. The molecule has 0 spiro atoms. The van der Waals surface area contributed by atoms with E-state index in [2.05, 4.69) is 26.2 Å². The number of nitrogens with one attached hydrogen (secondary N) is 1. The SMILES string of the molecule is Cc1c(Br)cccc1C(=O)Nc1ncc([N+](=O)[O-])s1. The molecule has 0 aliphatic rings. The molecule has 1 amide bonds. The summed E-state index contributed by atoms with van der Waals surface area (Å²) in [5.41, 5.74) is 1.29. The zero-order valence-corrected chi connectivity index (χ0v) is 12.1. The highest BCUT2D eigenvalue weighted by Gasteiger charge is 2.16. The minimum atomic E-state index is -0.544. The fourth-order valence-corrected chi connectivity index (χ4v) is 2.42. The Bertz CT molecular complexity index is 656. The summed E-state index contributed by atoms with van der Waals surface area (Å²) in [5.74, 6) is -0.344. The monoisotopic (exact) mass is 341 g/mol. The number of anilines is 1. The summed E-state index contributed by atoms with van der Waals surface area (Å²) < 4.78 is 0.824. The van der Waals surface area contributed by atoms with Crippen LogP contribution in [0.2, 0.25) is 0 Å². The van der Waals surface area contributed by atoms with E-state index in [0.717, 1.165) is 27.6 Å². The molecular formula is C11H8BrN3O3S. The molecule has 1 N–H and O–H groups in total.